The molecule has 23 heavy (non-hydrogen) atoms. The van der Waals surface area contributed by atoms with Crippen molar-refractivity contribution in [2.24, 2.45) is 29.1 Å². The van der Waals surface area contributed by atoms with E-state index in [-0.39, 0.29) is 11.5 Å². The van der Waals surface area contributed by atoms with E-state index in [9.17, 15) is 9.90 Å². The van der Waals surface area contributed by atoms with E-state index < -0.39 is 0 Å². The SMILES string of the molecule is CCC12CC[C@H]3[C@H](C1=C(C)CC2O)C(C)CC1=CC(=O)CC[C@@H]13. The Hall–Kier alpha value is -0.890. The zero-order valence-electron chi connectivity index (χ0n) is 14.8. The molecule has 4 rings (SSSR count). The Morgan fingerprint density at radius 2 is 2.09 bits per heavy atom. The van der Waals surface area contributed by atoms with Crippen LogP contribution < -0.4 is 0 Å². The summed E-state index contributed by atoms with van der Waals surface area (Å²) in [5.74, 6) is 2.91. The fourth-order valence-corrected chi connectivity index (χ4v) is 6.76. The lowest BCUT2D eigenvalue weighted by Gasteiger charge is -2.54. The monoisotopic (exact) mass is 314 g/mol. The summed E-state index contributed by atoms with van der Waals surface area (Å²) >= 11 is 0. The molecule has 4 aliphatic rings. The van der Waals surface area contributed by atoms with Crippen LogP contribution in [-0.2, 0) is 4.79 Å². The van der Waals surface area contributed by atoms with E-state index in [1.165, 1.54) is 17.6 Å². The number of fused-ring (bicyclic) bond motifs is 5. The first-order valence-electron chi connectivity index (χ1n) is 9.59. The van der Waals surface area contributed by atoms with Gasteiger partial charge in [0.1, 0.15) is 0 Å². The molecule has 2 nitrogen and oxygen atoms in total. The quantitative estimate of drug-likeness (QED) is 0.727. The number of carbonyl (C=O) groups is 1. The summed E-state index contributed by atoms with van der Waals surface area (Å²) in [4.78, 5) is 11.8. The number of aliphatic hydroxyl groups excluding tert-OH is 1. The van der Waals surface area contributed by atoms with Crippen LogP contribution in [0, 0.1) is 29.1 Å². The minimum Gasteiger partial charge on any atom is -0.392 e. The number of hydrogen-bond acceptors (Lipinski definition) is 2. The summed E-state index contributed by atoms with van der Waals surface area (Å²) in [6.45, 7) is 6.91. The zero-order chi connectivity index (χ0) is 16.4. The van der Waals surface area contributed by atoms with Crippen LogP contribution in [0.4, 0.5) is 0 Å². The van der Waals surface area contributed by atoms with Gasteiger partial charge in [0.25, 0.3) is 0 Å². The van der Waals surface area contributed by atoms with Gasteiger partial charge in [0.15, 0.2) is 5.78 Å². The second-order valence-corrected chi connectivity index (χ2v) is 8.66. The van der Waals surface area contributed by atoms with Gasteiger partial charge in [0.2, 0.25) is 0 Å². The van der Waals surface area contributed by atoms with Crippen molar-refractivity contribution >= 4 is 5.78 Å². The number of ketones is 1. The molecule has 0 heterocycles. The normalized spacial score (nSPS) is 46.2. The molecule has 0 bridgehead atoms. The third kappa shape index (κ3) is 2.06. The molecule has 0 saturated heterocycles. The van der Waals surface area contributed by atoms with Crippen LogP contribution >= 0.6 is 0 Å². The topological polar surface area (TPSA) is 37.3 Å². The Morgan fingerprint density at radius 1 is 1.30 bits per heavy atom. The van der Waals surface area contributed by atoms with E-state index in [2.05, 4.69) is 20.8 Å². The number of carbonyl (C=O) groups excluding carboxylic acids is 1. The largest absolute Gasteiger partial charge is 0.392 e. The summed E-state index contributed by atoms with van der Waals surface area (Å²) in [7, 11) is 0. The maximum absolute atomic E-state index is 11.8. The second kappa shape index (κ2) is 5.31. The molecule has 0 spiro atoms. The van der Waals surface area contributed by atoms with Crippen molar-refractivity contribution in [2.75, 3.05) is 0 Å². The highest BCUT2D eigenvalue weighted by molar-refractivity contribution is 5.91. The molecule has 2 heteroatoms. The molecular formula is C21H30O2. The Bertz CT molecular complexity index is 599. The maximum atomic E-state index is 11.8. The van der Waals surface area contributed by atoms with Crippen LogP contribution in [0.25, 0.3) is 0 Å². The average Bonchev–Trinajstić information content (AvgIpc) is 2.78. The first kappa shape index (κ1) is 15.6. The van der Waals surface area contributed by atoms with Gasteiger partial charge in [-0.05, 0) is 75.2 Å². The summed E-state index contributed by atoms with van der Waals surface area (Å²) in [5, 5.41) is 10.8. The third-order valence-corrected chi connectivity index (χ3v) is 7.69. The van der Waals surface area contributed by atoms with Gasteiger partial charge in [-0.15, -0.1) is 0 Å². The predicted octanol–water partition coefficient (Wildman–Crippen LogP) is 4.44. The summed E-state index contributed by atoms with van der Waals surface area (Å²) in [6.07, 6.45) is 9.03. The van der Waals surface area contributed by atoms with Crippen LogP contribution in [0.1, 0.15) is 65.7 Å². The van der Waals surface area contributed by atoms with Gasteiger partial charge < -0.3 is 5.11 Å². The summed E-state index contributed by atoms with van der Waals surface area (Å²) in [6, 6.07) is 0. The minimum atomic E-state index is -0.166. The Labute approximate surface area is 140 Å². The van der Waals surface area contributed by atoms with Crippen molar-refractivity contribution in [1.82, 2.24) is 0 Å². The standard InChI is InChI=1S/C21H30O2/c1-4-21-8-7-17-16-6-5-15(22)11-14(16)9-12(2)19(17)20(21)13(3)10-18(21)23/h11-12,16-19,23H,4-10H2,1-3H3/t12?,16-,17+,18?,19+,21?/m0/s1. The highest BCUT2D eigenvalue weighted by atomic mass is 16.3. The van der Waals surface area contributed by atoms with Gasteiger partial charge in [-0.3, -0.25) is 4.79 Å². The molecule has 6 atom stereocenters. The number of rotatable bonds is 1. The van der Waals surface area contributed by atoms with E-state index >= 15 is 0 Å². The minimum absolute atomic E-state index is 0.0607. The van der Waals surface area contributed by atoms with Gasteiger partial charge in [0.05, 0.1) is 6.10 Å². The average molecular weight is 314 g/mol. The van der Waals surface area contributed by atoms with Crippen molar-refractivity contribution in [3.8, 4) is 0 Å². The van der Waals surface area contributed by atoms with Crippen LogP contribution in [0.2, 0.25) is 0 Å². The lowest BCUT2D eigenvalue weighted by Crippen LogP contribution is -2.48. The lowest BCUT2D eigenvalue weighted by molar-refractivity contribution is -0.115. The molecule has 3 unspecified atom stereocenters. The van der Waals surface area contributed by atoms with Gasteiger partial charge in [0, 0.05) is 11.8 Å². The maximum Gasteiger partial charge on any atom is 0.155 e. The van der Waals surface area contributed by atoms with E-state index in [0.717, 1.165) is 38.5 Å². The van der Waals surface area contributed by atoms with E-state index in [0.29, 0.717) is 29.5 Å². The molecule has 4 aliphatic carbocycles. The molecule has 0 aromatic rings. The fraction of sp³-hybridized carbons (Fsp3) is 0.762. The number of hydrogen-bond donors (Lipinski definition) is 1. The third-order valence-electron chi connectivity index (χ3n) is 7.69. The summed E-state index contributed by atoms with van der Waals surface area (Å²) < 4.78 is 0. The Balaban J connectivity index is 1.76. The fourth-order valence-electron chi connectivity index (χ4n) is 6.76. The molecule has 2 saturated carbocycles. The van der Waals surface area contributed by atoms with E-state index in [1.54, 1.807) is 5.57 Å². The molecule has 0 aliphatic heterocycles. The molecule has 1 N–H and O–H groups in total. The Kier molecular flexibility index (Phi) is 3.61. The molecule has 2 fully saturated rings. The van der Waals surface area contributed by atoms with Crippen LogP contribution in [0.5, 0.6) is 0 Å². The predicted molar refractivity (Wildman–Crippen MR) is 91.9 cm³/mol. The van der Waals surface area contributed by atoms with Crippen molar-refractivity contribution in [3.05, 3.63) is 22.8 Å². The molecule has 0 aromatic carbocycles. The van der Waals surface area contributed by atoms with E-state index in [1.807, 2.05) is 6.08 Å². The van der Waals surface area contributed by atoms with Crippen molar-refractivity contribution in [3.63, 3.8) is 0 Å². The first-order chi connectivity index (χ1) is 11.0. The van der Waals surface area contributed by atoms with Gasteiger partial charge in [-0.1, -0.05) is 30.6 Å². The number of aliphatic hydroxyl groups is 1. The molecule has 0 aromatic heterocycles. The second-order valence-electron chi connectivity index (χ2n) is 8.66. The van der Waals surface area contributed by atoms with Crippen LogP contribution in [0.3, 0.4) is 0 Å². The van der Waals surface area contributed by atoms with Crippen molar-refractivity contribution in [1.29, 1.82) is 0 Å². The highest BCUT2D eigenvalue weighted by Crippen LogP contribution is 2.63. The molecule has 0 radical (unpaired) electrons. The van der Waals surface area contributed by atoms with Crippen LogP contribution in [-0.4, -0.2) is 17.0 Å². The molecular weight excluding hydrogens is 284 g/mol. The number of allylic oxidation sites excluding steroid dienone is 2. The molecule has 0 amide bonds. The van der Waals surface area contributed by atoms with Gasteiger partial charge in [-0.25, -0.2) is 0 Å². The molecule has 126 valence electrons. The zero-order valence-corrected chi connectivity index (χ0v) is 14.8. The van der Waals surface area contributed by atoms with Crippen molar-refractivity contribution in [2.45, 2.75) is 71.8 Å². The lowest BCUT2D eigenvalue weighted by atomic mass is 9.50. The highest BCUT2D eigenvalue weighted by Gasteiger charge is 2.56. The van der Waals surface area contributed by atoms with Gasteiger partial charge in [-0.2, -0.15) is 0 Å². The van der Waals surface area contributed by atoms with Crippen molar-refractivity contribution < 1.29 is 9.90 Å². The van der Waals surface area contributed by atoms with Gasteiger partial charge >= 0.3 is 0 Å². The Morgan fingerprint density at radius 3 is 2.83 bits per heavy atom. The summed E-state index contributed by atoms with van der Waals surface area (Å²) in [5.41, 5.74) is 4.61. The van der Waals surface area contributed by atoms with Crippen LogP contribution in [0.15, 0.2) is 22.8 Å². The smallest absolute Gasteiger partial charge is 0.155 e. The first-order valence-corrected chi connectivity index (χ1v) is 9.59. The van der Waals surface area contributed by atoms with E-state index in [4.69, 9.17) is 0 Å².